The van der Waals surface area contributed by atoms with Crippen molar-refractivity contribution in [1.82, 2.24) is 0 Å². The van der Waals surface area contributed by atoms with Crippen LogP contribution in [0.5, 0.6) is 0 Å². The minimum absolute atomic E-state index is 0.804. The molecule has 96 valence electrons. The summed E-state index contributed by atoms with van der Waals surface area (Å²) in [6.07, 6.45) is 0. The maximum Gasteiger partial charge on any atom is 0.227 e. The van der Waals surface area contributed by atoms with Gasteiger partial charge in [-0.3, -0.25) is 0 Å². The molecule has 0 N–H and O–H groups in total. The minimum atomic E-state index is -1.37. The Kier molecular flexibility index (Phi) is 7.81. The maximum atomic E-state index is 5.80. The SMILES string of the molecule is [SiH3]O[SiH3].[SiH3]O[SiH](c1ccccc1)c1ccccc1. The Morgan fingerprint density at radius 2 is 1.00 bits per heavy atom. The predicted octanol–water partition coefficient (Wildman–Crippen LogP) is -2.61. The van der Waals surface area contributed by atoms with Gasteiger partial charge in [0.15, 0.2) is 0 Å². The highest BCUT2D eigenvalue weighted by molar-refractivity contribution is 6.81. The molecule has 2 rings (SSSR count). The van der Waals surface area contributed by atoms with Gasteiger partial charge in [0.2, 0.25) is 9.04 Å². The summed E-state index contributed by atoms with van der Waals surface area (Å²) >= 11 is 0. The standard InChI is InChI=1S/C12H14OSi2.H6OSi2/c14-13-15(11-7-3-1-4-8-11)12-9-5-2-6-10-12;2-1-3/h1-10,15H,14H3;2-3H3. The summed E-state index contributed by atoms with van der Waals surface area (Å²) in [7, 11) is 1.30. The lowest BCUT2D eigenvalue weighted by molar-refractivity contribution is 0.661. The topological polar surface area (TPSA) is 18.5 Å². The van der Waals surface area contributed by atoms with E-state index in [1.165, 1.54) is 10.4 Å². The third-order valence-corrected chi connectivity index (χ3v) is 6.31. The fraction of sp³-hybridized carbons (Fsp3) is 0. The van der Waals surface area contributed by atoms with E-state index in [2.05, 4.69) is 52.6 Å². The highest BCUT2D eigenvalue weighted by Gasteiger charge is 2.14. The quantitative estimate of drug-likeness (QED) is 0.579. The molecule has 0 radical (unpaired) electrons. The van der Waals surface area contributed by atoms with Gasteiger partial charge in [0.1, 0.15) is 31.5 Å². The second kappa shape index (κ2) is 9.20. The van der Waals surface area contributed by atoms with Crippen LogP contribution in [0, 0.1) is 0 Å². The van der Waals surface area contributed by atoms with Crippen molar-refractivity contribution in [3.05, 3.63) is 60.7 Å². The van der Waals surface area contributed by atoms with Gasteiger partial charge in [0, 0.05) is 0 Å². The Labute approximate surface area is 120 Å². The zero-order valence-corrected chi connectivity index (χ0v) is 18.3. The van der Waals surface area contributed by atoms with Crippen LogP contribution in [0.4, 0.5) is 0 Å². The molecular formula is C12H20O2Si4. The predicted molar refractivity (Wildman–Crippen MR) is 91.3 cm³/mol. The Hall–Kier alpha value is -0.772. The lowest BCUT2D eigenvalue weighted by atomic mass is 10.4. The van der Waals surface area contributed by atoms with Gasteiger partial charge in [0.05, 0.1) is 0 Å². The van der Waals surface area contributed by atoms with E-state index in [-0.39, 0.29) is 0 Å². The van der Waals surface area contributed by atoms with Gasteiger partial charge < -0.3 is 8.23 Å². The Morgan fingerprint density at radius 3 is 1.28 bits per heavy atom. The molecule has 2 aromatic rings. The van der Waals surface area contributed by atoms with Crippen LogP contribution in [0.25, 0.3) is 0 Å². The molecule has 2 aromatic carbocycles. The van der Waals surface area contributed by atoms with Crippen LogP contribution in [-0.2, 0) is 8.23 Å². The van der Waals surface area contributed by atoms with E-state index in [4.69, 9.17) is 4.12 Å². The number of benzene rings is 2. The second-order valence-corrected chi connectivity index (χ2v) is 11.1. The van der Waals surface area contributed by atoms with Crippen LogP contribution >= 0.6 is 0 Å². The fourth-order valence-electron chi connectivity index (χ4n) is 1.72. The maximum absolute atomic E-state index is 5.80. The van der Waals surface area contributed by atoms with Crippen LogP contribution < -0.4 is 10.4 Å². The molecule has 0 aromatic heterocycles. The fourth-order valence-corrected chi connectivity index (χ4v) is 5.43. The Morgan fingerprint density at radius 1 is 0.667 bits per heavy atom. The first-order chi connectivity index (χ1) is 8.83. The van der Waals surface area contributed by atoms with E-state index in [0.717, 1.165) is 31.5 Å². The molecule has 0 atom stereocenters. The van der Waals surface area contributed by atoms with Crippen molar-refractivity contribution in [1.29, 1.82) is 0 Å². The van der Waals surface area contributed by atoms with E-state index in [1.54, 1.807) is 0 Å². The summed E-state index contributed by atoms with van der Waals surface area (Å²) in [5.74, 6) is 0. The van der Waals surface area contributed by atoms with Gasteiger partial charge in [-0.15, -0.1) is 0 Å². The van der Waals surface area contributed by atoms with E-state index >= 15 is 0 Å². The monoisotopic (exact) mass is 308 g/mol. The molecule has 0 fully saturated rings. The zero-order chi connectivity index (χ0) is 13.2. The molecule has 0 aliphatic carbocycles. The van der Waals surface area contributed by atoms with Gasteiger partial charge >= 0.3 is 0 Å². The summed E-state index contributed by atoms with van der Waals surface area (Å²) < 4.78 is 10.3. The molecule has 6 heteroatoms. The normalized spacial score (nSPS) is 10.3. The molecule has 0 heterocycles. The van der Waals surface area contributed by atoms with Crippen molar-refractivity contribution in [2.24, 2.45) is 0 Å². The van der Waals surface area contributed by atoms with Crippen LogP contribution in [0.1, 0.15) is 0 Å². The molecule has 0 spiro atoms. The molecule has 0 saturated carbocycles. The Bertz CT molecular complexity index is 385. The van der Waals surface area contributed by atoms with E-state index < -0.39 is 9.04 Å². The van der Waals surface area contributed by atoms with Crippen molar-refractivity contribution >= 4 is 50.9 Å². The highest BCUT2D eigenvalue weighted by Crippen LogP contribution is 1.92. The first-order valence-electron chi connectivity index (χ1n) is 5.86. The van der Waals surface area contributed by atoms with Crippen molar-refractivity contribution < 1.29 is 8.23 Å². The average Bonchev–Trinajstić information content (AvgIpc) is 2.43. The largest absolute Gasteiger partial charge is 0.471 e. The molecule has 0 unspecified atom stereocenters. The molecule has 0 aliphatic heterocycles. The molecule has 0 amide bonds. The van der Waals surface area contributed by atoms with Gasteiger partial charge in [0.25, 0.3) is 0 Å². The van der Waals surface area contributed by atoms with Gasteiger partial charge in [-0.1, -0.05) is 60.7 Å². The smallest absolute Gasteiger partial charge is 0.227 e. The summed E-state index contributed by atoms with van der Waals surface area (Å²) in [4.78, 5) is 0. The number of hydrogen-bond acceptors (Lipinski definition) is 2. The van der Waals surface area contributed by atoms with Crippen LogP contribution in [0.3, 0.4) is 0 Å². The zero-order valence-electron chi connectivity index (χ0n) is 11.2. The molecule has 18 heavy (non-hydrogen) atoms. The first-order valence-corrected chi connectivity index (χ1v) is 9.93. The molecule has 0 aliphatic rings. The van der Waals surface area contributed by atoms with E-state index in [9.17, 15) is 0 Å². The van der Waals surface area contributed by atoms with Crippen molar-refractivity contribution in [3.63, 3.8) is 0 Å². The van der Waals surface area contributed by atoms with Crippen molar-refractivity contribution in [3.8, 4) is 0 Å². The van der Waals surface area contributed by atoms with Crippen LogP contribution in [0.15, 0.2) is 60.7 Å². The number of hydrogen-bond donors (Lipinski definition) is 0. The van der Waals surface area contributed by atoms with E-state index in [0.29, 0.717) is 0 Å². The summed E-state index contributed by atoms with van der Waals surface area (Å²) in [5, 5.41) is 2.72. The lowest BCUT2D eigenvalue weighted by Crippen LogP contribution is -2.44. The summed E-state index contributed by atoms with van der Waals surface area (Å²) in [6, 6.07) is 21.1. The van der Waals surface area contributed by atoms with E-state index in [1.807, 2.05) is 12.1 Å². The molecule has 2 nitrogen and oxygen atoms in total. The summed E-state index contributed by atoms with van der Waals surface area (Å²) in [5.41, 5.74) is 0. The average molecular weight is 309 g/mol. The Balaban J connectivity index is 0.000000492. The minimum Gasteiger partial charge on any atom is -0.471 e. The van der Waals surface area contributed by atoms with Gasteiger partial charge in [-0.2, -0.15) is 0 Å². The van der Waals surface area contributed by atoms with Crippen LogP contribution in [0.2, 0.25) is 0 Å². The summed E-state index contributed by atoms with van der Waals surface area (Å²) in [6.45, 7) is 0. The van der Waals surface area contributed by atoms with Crippen LogP contribution in [-0.4, -0.2) is 40.5 Å². The third kappa shape index (κ3) is 4.84. The molecule has 0 saturated heterocycles. The van der Waals surface area contributed by atoms with Gasteiger partial charge in [-0.25, -0.2) is 0 Å². The second-order valence-electron chi connectivity index (χ2n) is 3.85. The number of rotatable bonds is 3. The van der Waals surface area contributed by atoms with Crippen molar-refractivity contribution in [2.45, 2.75) is 0 Å². The van der Waals surface area contributed by atoms with Gasteiger partial charge in [-0.05, 0) is 10.4 Å². The third-order valence-electron chi connectivity index (χ3n) is 2.44. The first kappa shape index (κ1) is 15.3. The van der Waals surface area contributed by atoms with Crippen molar-refractivity contribution in [2.75, 3.05) is 0 Å². The lowest BCUT2D eigenvalue weighted by Gasteiger charge is -2.14. The highest BCUT2D eigenvalue weighted by atomic mass is 28.3. The molecular weight excluding hydrogens is 288 g/mol. The molecule has 0 bridgehead atoms.